The molecule has 1 aromatic carbocycles. The Kier molecular flexibility index (Phi) is 4.60. The van der Waals surface area contributed by atoms with E-state index in [-0.39, 0.29) is 0 Å². The number of hydrogen-bond donors (Lipinski definition) is 1. The molecule has 1 aromatic rings. The quantitative estimate of drug-likeness (QED) is 0.905. The molecule has 0 aromatic heterocycles. The molecule has 0 saturated carbocycles. The van der Waals surface area contributed by atoms with Crippen molar-refractivity contribution in [2.45, 2.75) is 32.0 Å². The topological polar surface area (TPSA) is 49.4 Å². The molecule has 0 spiro atoms. The van der Waals surface area contributed by atoms with E-state index in [1.807, 2.05) is 0 Å². The molecule has 8 heteroatoms. The van der Waals surface area contributed by atoms with Crippen molar-refractivity contribution in [2.75, 3.05) is 13.1 Å². The molecule has 4 nitrogen and oxygen atoms in total. The number of alkyl halides is 3. The van der Waals surface area contributed by atoms with Gasteiger partial charge in [-0.2, -0.15) is 30.6 Å². The lowest BCUT2D eigenvalue weighted by molar-refractivity contribution is -0.139. The summed E-state index contributed by atoms with van der Waals surface area (Å²) in [5.41, 5.74) is 0.969. The highest BCUT2D eigenvalue weighted by molar-refractivity contribution is 7.87. The molecule has 1 atom stereocenters. The standard InChI is InChI=1S/C13H17F3N2O2S/c1-10-5-2-3-6-11(10)12(9-13(14,15)16)17-21(19,20)18-7-4-8-18/h2-3,5-6,12,17H,4,7-9H2,1H3. The number of halogens is 3. The number of nitrogens with one attached hydrogen (secondary N) is 1. The van der Waals surface area contributed by atoms with Gasteiger partial charge in [-0.15, -0.1) is 0 Å². The van der Waals surface area contributed by atoms with Crippen molar-refractivity contribution in [3.8, 4) is 0 Å². The van der Waals surface area contributed by atoms with Crippen LogP contribution in [-0.2, 0) is 10.2 Å². The van der Waals surface area contributed by atoms with Gasteiger partial charge in [0.2, 0.25) is 0 Å². The number of nitrogens with zero attached hydrogens (tertiary/aromatic N) is 1. The fourth-order valence-electron chi connectivity index (χ4n) is 2.21. The Labute approximate surface area is 122 Å². The summed E-state index contributed by atoms with van der Waals surface area (Å²) < 4.78 is 65.7. The van der Waals surface area contributed by atoms with Crippen LogP contribution in [0.2, 0.25) is 0 Å². The summed E-state index contributed by atoms with van der Waals surface area (Å²) >= 11 is 0. The molecule has 0 aliphatic carbocycles. The molecule has 0 amide bonds. The summed E-state index contributed by atoms with van der Waals surface area (Å²) in [5, 5.41) is 0. The van der Waals surface area contributed by atoms with Crippen LogP contribution in [0.1, 0.15) is 30.0 Å². The monoisotopic (exact) mass is 322 g/mol. The second-order valence-electron chi connectivity index (χ2n) is 5.10. The minimum absolute atomic E-state index is 0.346. The molecule has 0 bridgehead atoms. The molecule has 1 fully saturated rings. The Bertz CT molecular complexity index is 598. The molecule has 118 valence electrons. The van der Waals surface area contributed by atoms with Gasteiger partial charge in [0.1, 0.15) is 0 Å². The van der Waals surface area contributed by atoms with Crippen molar-refractivity contribution in [1.82, 2.24) is 9.03 Å². The normalized spacial score (nSPS) is 18.3. The van der Waals surface area contributed by atoms with Gasteiger partial charge in [0, 0.05) is 13.1 Å². The third-order valence-electron chi connectivity index (χ3n) is 3.45. The van der Waals surface area contributed by atoms with E-state index >= 15 is 0 Å². The fraction of sp³-hybridized carbons (Fsp3) is 0.538. The highest BCUT2D eigenvalue weighted by Gasteiger charge is 2.37. The molecule has 1 aliphatic heterocycles. The van der Waals surface area contributed by atoms with Gasteiger partial charge in [0.05, 0.1) is 12.5 Å². The predicted molar refractivity (Wildman–Crippen MR) is 72.8 cm³/mol. The average molecular weight is 322 g/mol. The van der Waals surface area contributed by atoms with E-state index in [0.717, 1.165) is 10.7 Å². The third-order valence-corrected chi connectivity index (χ3v) is 5.07. The van der Waals surface area contributed by atoms with Crippen LogP contribution < -0.4 is 4.72 Å². The van der Waals surface area contributed by atoms with Crippen molar-refractivity contribution in [2.24, 2.45) is 0 Å². The van der Waals surface area contributed by atoms with Crippen LogP contribution in [0.3, 0.4) is 0 Å². The van der Waals surface area contributed by atoms with E-state index < -0.39 is 28.8 Å². The molecule has 1 saturated heterocycles. The highest BCUT2D eigenvalue weighted by Crippen LogP contribution is 2.32. The second-order valence-corrected chi connectivity index (χ2v) is 6.81. The molecule has 1 heterocycles. The summed E-state index contributed by atoms with van der Waals surface area (Å²) in [6, 6.07) is 5.18. The molecule has 2 rings (SSSR count). The van der Waals surface area contributed by atoms with Crippen molar-refractivity contribution >= 4 is 10.2 Å². The lowest BCUT2D eigenvalue weighted by Gasteiger charge is -2.32. The van der Waals surface area contributed by atoms with E-state index in [0.29, 0.717) is 24.2 Å². The summed E-state index contributed by atoms with van der Waals surface area (Å²) in [6.07, 6.45) is -4.95. The lowest BCUT2D eigenvalue weighted by Crippen LogP contribution is -2.49. The van der Waals surface area contributed by atoms with Crippen LogP contribution in [-0.4, -0.2) is 32.0 Å². The zero-order valence-electron chi connectivity index (χ0n) is 11.5. The summed E-state index contributed by atoms with van der Waals surface area (Å²) in [7, 11) is -3.88. The molecular weight excluding hydrogens is 305 g/mol. The summed E-state index contributed by atoms with van der Waals surface area (Å²) in [5.74, 6) is 0. The van der Waals surface area contributed by atoms with Gasteiger partial charge < -0.3 is 0 Å². The minimum atomic E-state index is -4.45. The van der Waals surface area contributed by atoms with Gasteiger partial charge in [0.15, 0.2) is 0 Å². The van der Waals surface area contributed by atoms with E-state index in [1.165, 1.54) is 6.07 Å². The van der Waals surface area contributed by atoms with Crippen LogP contribution >= 0.6 is 0 Å². The lowest BCUT2D eigenvalue weighted by atomic mass is 9.99. The van der Waals surface area contributed by atoms with Gasteiger partial charge in [-0.3, -0.25) is 0 Å². The first-order chi connectivity index (χ1) is 9.69. The molecule has 1 unspecified atom stereocenters. The van der Waals surface area contributed by atoms with Crippen LogP contribution in [0.4, 0.5) is 13.2 Å². The Morgan fingerprint density at radius 1 is 1.29 bits per heavy atom. The molecular formula is C13H17F3N2O2S. The Hall–Kier alpha value is -1.12. The number of hydrogen-bond acceptors (Lipinski definition) is 2. The molecule has 1 aliphatic rings. The largest absolute Gasteiger partial charge is 0.390 e. The van der Waals surface area contributed by atoms with Crippen LogP contribution in [0.5, 0.6) is 0 Å². The maximum Gasteiger partial charge on any atom is 0.390 e. The van der Waals surface area contributed by atoms with E-state index in [2.05, 4.69) is 4.72 Å². The Morgan fingerprint density at radius 2 is 1.90 bits per heavy atom. The van der Waals surface area contributed by atoms with Crippen LogP contribution in [0.15, 0.2) is 24.3 Å². The number of aryl methyl sites for hydroxylation is 1. The molecule has 1 N–H and O–H groups in total. The first-order valence-corrected chi connectivity index (χ1v) is 8.03. The Balaban J connectivity index is 2.26. The van der Waals surface area contributed by atoms with Crippen molar-refractivity contribution in [1.29, 1.82) is 0 Å². The SMILES string of the molecule is Cc1ccccc1C(CC(F)(F)F)NS(=O)(=O)N1CCC1. The first-order valence-electron chi connectivity index (χ1n) is 6.59. The maximum absolute atomic E-state index is 12.7. The second kappa shape index (κ2) is 5.94. The van der Waals surface area contributed by atoms with Gasteiger partial charge in [-0.05, 0) is 24.5 Å². The highest BCUT2D eigenvalue weighted by atomic mass is 32.2. The predicted octanol–water partition coefficient (Wildman–Crippen LogP) is 2.53. The zero-order chi connectivity index (χ0) is 15.7. The minimum Gasteiger partial charge on any atom is -0.195 e. The van der Waals surface area contributed by atoms with Gasteiger partial charge in [-0.1, -0.05) is 24.3 Å². The van der Waals surface area contributed by atoms with Crippen LogP contribution in [0.25, 0.3) is 0 Å². The maximum atomic E-state index is 12.7. The van der Waals surface area contributed by atoms with Crippen LogP contribution in [0, 0.1) is 6.92 Å². The van der Waals surface area contributed by atoms with Crippen molar-refractivity contribution < 1.29 is 21.6 Å². The summed E-state index contributed by atoms with van der Waals surface area (Å²) in [6.45, 7) is 2.36. The first kappa shape index (κ1) is 16.3. The smallest absolute Gasteiger partial charge is 0.195 e. The van der Waals surface area contributed by atoms with Gasteiger partial charge >= 0.3 is 6.18 Å². The molecule has 0 radical (unpaired) electrons. The number of benzene rings is 1. The van der Waals surface area contributed by atoms with E-state index in [1.54, 1.807) is 25.1 Å². The average Bonchev–Trinajstić information content (AvgIpc) is 2.22. The third kappa shape index (κ3) is 4.18. The Morgan fingerprint density at radius 3 is 2.38 bits per heavy atom. The van der Waals surface area contributed by atoms with Crippen molar-refractivity contribution in [3.05, 3.63) is 35.4 Å². The number of rotatable bonds is 5. The molecule has 21 heavy (non-hydrogen) atoms. The van der Waals surface area contributed by atoms with E-state index in [9.17, 15) is 21.6 Å². The van der Waals surface area contributed by atoms with Crippen molar-refractivity contribution in [3.63, 3.8) is 0 Å². The van der Waals surface area contributed by atoms with Gasteiger partial charge in [-0.25, -0.2) is 0 Å². The summed E-state index contributed by atoms with van der Waals surface area (Å²) in [4.78, 5) is 0. The van der Waals surface area contributed by atoms with E-state index in [4.69, 9.17) is 0 Å². The fourth-order valence-corrected chi connectivity index (χ4v) is 3.66. The zero-order valence-corrected chi connectivity index (χ0v) is 12.3. The van der Waals surface area contributed by atoms with Gasteiger partial charge in [0.25, 0.3) is 10.2 Å².